The van der Waals surface area contributed by atoms with Crippen LogP contribution >= 0.6 is 0 Å². The van der Waals surface area contributed by atoms with Gasteiger partial charge in [-0.3, -0.25) is 5.10 Å². The van der Waals surface area contributed by atoms with Gasteiger partial charge in [0.1, 0.15) is 5.82 Å². The largest absolute Gasteiger partial charge is 0.396 e. The second-order valence-corrected chi connectivity index (χ2v) is 8.85. The number of aliphatic hydroxyl groups is 1. The Hall–Kier alpha value is -2.71. The summed E-state index contributed by atoms with van der Waals surface area (Å²) in [6.45, 7) is 5.82. The third-order valence-electron chi connectivity index (χ3n) is 6.87. The molecule has 4 heterocycles. The number of aromatic amines is 1. The van der Waals surface area contributed by atoms with Crippen molar-refractivity contribution >= 4 is 28.5 Å². The first kappa shape index (κ1) is 19.3. The topological polar surface area (TPSA) is 107 Å². The van der Waals surface area contributed by atoms with Gasteiger partial charge >= 0.3 is 0 Å². The fourth-order valence-electron chi connectivity index (χ4n) is 4.65. The molecule has 3 aromatic rings. The van der Waals surface area contributed by atoms with Crippen LogP contribution in [0.3, 0.4) is 0 Å². The minimum atomic E-state index is 0.161. The molecule has 158 valence electrons. The van der Waals surface area contributed by atoms with Crippen molar-refractivity contribution in [2.24, 2.45) is 11.1 Å². The van der Waals surface area contributed by atoms with Crippen LogP contribution in [0.2, 0.25) is 0 Å². The van der Waals surface area contributed by atoms with Crippen LogP contribution in [-0.2, 0) is 0 Å². The smallest absolute Gasteiger partial charge is 0.183 e. The van der Waals surface area contributed by atoms with Gasteiger partial charge in [0, 0.05) is 31.2 Å². The molecule has 2 aliphatic heterocycles. The van der Waals surface area contributed by atoms with Crippen LogP contribution in [0.5, 0.6) is 0 Å². The van der Waals surface area contributed by atoms with E-state index in [4.69, 9.17) is 15.7 Å². The first-order valence-corrected chi connectivity index (χ1v) is 10.8. The Morgan fingerprint density at radius 3 is 2.80 bits per heavy atom. The Morgan fingerprint density at radius 1 is 1.23 bits per heavy atom. The summed E-state index contributed by atoms with van der Waals surface area (Å²) in [5.74, 6) is 1.84. The fourth-order valence-corrected chi connectivity index (χ4v) is 4.65. The summed E-state index contributed by atoms with van der Waals surface area (Å²) in [4.78, 5) is 14.0. The van der Waals surface area contributed by atoms with E-state index in [1.165, 1.54) is 0 Å². The zero-order valence-corrected chi connectivity index (χ0v) is 17.4. The molecule has 8 nitrogen and oxygen atoms in total. The van der Waals surface area contributed by atoms with E-state index < -0.39 is 0 Å². The molecule has 2 aromatic heterocycles. The number of H-pyrrole nitrogens is 1. The van der Waals surface area contributed by atoms with Crippen molar-refractivity contribution in [3.8, 4) is 0 Å². The molecule has 4 N–H and O–H groups in total. The molecule has 1 fully saturated rings. The number of piperidine rings is 1. The molecule has 1 atom stereocenters. The van der Waals surface area contributed by atoms with Gasteiger partial charge in [0.15, 0.2) is 17.0 Å². The summed E-state index contributed by atoms with van der Waals surface area (Å²) < 4.78 is 0. The molecule has 1 aromatic carbocycles. The third kappa shape index (κ3) is 3.20. The number of anilines is 3. The van der Waals surface area contributed by atoms with Gasteiger partial charge in [-0.15, -0.1) is 0 Å². The normalized spacial score (nSPS) is 21.1. The van der Waals surface area contributed by atoms with Gasteiger partial charge in [-0.25, -0.2) is 9.97 Å². The Labute approximate surface area is 176 Å². The van der Waals surface area contributed by atoms with Crippen molar-refractivity contribution in [2.75, 3.05) is 42.6 Å². The maximum atomic E-state index is 9.75. The highest BCUT2D eigenvalue weighted by atomic mass is 16.3. The minimum Gasteiger partial charge on any atom is -0.396 e. The van der Waals surface area contributed by atoms with Crippen molar-refractivity contribution in [1.82, 2.24) is 20.2 Å². The van der Waals surface area contributed by atoms with Crippen LogP contribution in [0.25, 0.3) is 11.2 Å². The average Bonchev–Trinajstić information content (AvgIpc) is 3.22. The second kappa shape index (κ2) is 7.52. The molecule has 8 heteroatoms. The number of fused-ring (bicyclic) bond motifs is 2. The summed E-state index contributed by atoms with van der Waals surface area (Å²) in [5.41, 5.74) is 9.89. The molecule has 30 heavy (non-hydrogen) atoms. The molecule has 0 saturated carbocycles. The molecule has 5 rings (SSSR count). The van der Waals surface area contributed by atoms with E-state index in [1.54, 1.807) is 0 Å². The number of nitrogens with one attached hydrogen (secondary N) is 1. The number of hydrogen-bond acceptors (Lipinski definition) is 7. The average molecular weight is 408 g/mol. The first-order chi connectivity index (χ1) is 14.6. The second-order valence-electron chi connectivity index (χ2n) is 8.85. The quantitative estimate of drug-likeness (QED) is 0.610. The highest BCUT2D eigenvalue weighted by Crippen LogP contribution is 2.40. The zero-order chi connectivity index (χ0) is 20.7. The number of rotatable bonds is 4. The van der Waals surface area contributed by atoms with E-state index in [-0.39, 0.29) is 17.9 Å². The predicted octanol–water partition coefficient (Wildman–Crippen LogP) is 2.54. The van der Waals surface area contributed by atoms with Crippen LogP contribution in [0.1, 0.15) is 37.7 Å². The minimum absolute atomic E-state index is 0.161. The number of nitrogens with zero attached hydrogens (tertiary/aromatic N) is 5. The lowest BCUT2D eigenvalue weighted by molar-refractivity contribution is 0.258. The van der Waals surface area contributed by atoms with Crippen molar-refractivity contribution in [3.63, 3.8) is 0 Å². The van der Waals surface area contributed by atoms with Gasteiger partial charge in [-0.1, -0.05) is 25.1 Å². The van der Waals surface area contributed by atoms with E-state index in [0.29, 0.717) is 5.65 Å². The lowest BCUT2D eigenvalue weighted by Gasteiger charge is -2.39. The number of hydrogen-bond donors (Lipinski definition) is 3. The molecular weight excluding hydrogens is 378 g/mol. The molecule has 1 saturated heterocycles. The van der Waals surface area contributed by atoms with E-state index in [9.17, 15) is 5.11 Å². The lowest BCUT2D eigenvalue weighted by Crippen LogP contribution is -2.42. The number of aromatic nitrogens is 4. The molecular formula is C22H29N7O. The van der Waals surface area contributed by atoms with Gasteiger partial charge in [-0.2, -0.15) is 5.10 Å². The molecule has 0 aliphatic carbocycles. The predicted molar refractivity (Wildman–Crippen MR) is 118 cm³/mol. The summed E-state index contributed by atoms with van der Waals surface area (Å²) in [6.07, 6.45) is 4.86. The Morgan fingerprint density at radius 2 is 2.03 bits per heavy atom. The molecule has 2 aliphatic rings. The van der Waals surface area contributed by atoms with Crippen LogP contribution in [0.4, 0.5) is 17.3 Å². The van der Waals surface area contributed by atoms with Crippen LogP contribution < -0.4 is 15.5 Å². The highest BCUT2D eigenvalue weighted by molar-refractivity contribution is 5.87. The Balaban J connectivity index is 1.44. The maximum Gasteiger partial charge on any atom is 0.183 e. The van der Waals surface area contributed by atoms with Crippen molar-refractivity contribution in [3.05, 3.63) is 36.0 Å². The number of para-hydroxylation sites is 1. The summed E-state index contributed by atoms with van der Waals surface area (Å²) in [5, 5.41) is 17.4. The molecule has 0 spiro atoms. The van der Waals surface area contributed by atoms with Crippen molar-refractivity contribution in [2.45, 2.75) is 32.1 Å². The summed E-state index contributed by atoms with van der Waals surface area (Å²) in [6, 6.07) is 8.22. The monoisotopic (exact) mass is 407 g/mol. The number of benzene rings is 1. The van der Waals surface area contributed by atoms with Gasteiger partial charge in [0.25, 0.3) is 0 Å². The van der Waals surface area contributed by atoms with Crippen molar-refractivity contribution < 1.29 is 5.11 Å². The number of aliphatic hydroxyl groups excluding tert-OH is 1. The zero-order valence-electron chi connectivity index (χ0n) is 17.4. The third-order valence-corrected chi connectivity index (χ3v) is 6.87. The van der Waals surface area contributed by atoms with Crippen molar-refractivity contribution in [1.29, 1.82) is 0 Å². The van der Waals surface area contributed by atoms with Gasteiger partial charge in [0.2, 0.25) is 0 Å². The number of nitrogens with two attached hydrogens (primary N) is 1. The van der Waals surface area contributed by atoms with E-state index in [0.717, 1.165) is 73.8 Å². The van der Waals surface area contributed by atoms with Gasteiger partial charge in [-0.05, 0) is 42.9 Å². The standard InChI is InChI=1S/C22H29N7O/c1-22(14-23)7-10-28(11-8-22)18-12-24-19-20(25-18)26-27-21(19)29-9-6-15(13-30)16-4-2-3-5-17(16)29/h2-5,12,15,30H,6-11,13-14,23H2,1H3,(H,25,26,27). The molecule has 0 radical (unpaired) electrons. The summed E-state index contributed by atoms with van der Waals surface area (Å²) >= 11 is 0. The SMILES string of the molecule is CC1(CN)CCN(c2cnc3c(N4CCC(CO)c5ccccc54)n[nH]c3n2)CC1. The Bertz CT molecular complexity index is 1040. The lowest BCUT2D eigenvalue weighted by atomic mass is 9.80. The van der Waals surface area contributed by atoms with Crippen LogP contribution in [-0.4, -0.2) is 58.1 Å². The molecule has 0 amide bonds. The van der Waals surface area contributed by atoms with Gasteiger partial charge in [0.05, 0.1) is 12.8 Å². The maximum absolute atomic E-state index is 9.75. The Kier molecular flexibility index (Phi) is 4.83. The van der Waals surface area contributed by atoms with E-state index >= 15 is 0 Å². The first-order valence-electron chi connectivity index (χ1n) is 10.8. The highest BCUT2D eigenvalue weighted by Gasteiger charge is 2.31. The van der Waals surface area contributed by atoms with Crippen LogP contribution in [0.15, 0.2) is 30.5 Å². The van der Waals surface area contributed by atoms with Crippen LogP contribution in [0, 0.1) is 5.41 Å². The van der Waals surface area contributed by atoms with E-state index in [2.05, 4.69) is 39.1 Å². The molecule has 1 unspecified atom stereocenters. The van der Waals surface area contributed by atoms with E-state index in [1.807, 2.05) is 18.3 Å². The fraction of sp³-hybridized carbons (Fsp3) is 0.500. The van der Waals surface area contributed by atoms with Gasteiger partial charge < -0.3 is 20.6 Å². The molecule has 0 bridgehead atoms. The summed E-state index contributed by atoms with van der Waals surface area (Å²) in [7, 11) is 0.